The number of ether oxygens (including phenoxy) is 2. The van der Waals surface area contributed by atoms with Gasteiger partial charge in [0.1, 0.15) is 13.2 Å². The van der Waals surface area contributed by atoms with E-state index >= 15 is 0 Å². The maximum atomic E-state index is 5.71. The normalized spacial score (nSPS) is 14.8. The second kappa shape index (κ2) is 10.6. The Labute approximate surface area is 147 Å². The maximum Gasteiger partial charge on any atom is 0.161 e. The van der Waals surface area contributed by atoms with Gasteiger partial charge >= 0.3 is 0 Å². The van der Waals surface area contributed by atoms with Gasteiger partial charge in [-0.2, -0.15) is 0 Å². The summed E-state index contributed by atoms with van der Waals surface area (Å²) < 4.78 is 11.3. The Morgan fingerprint density at radius 1 is 1.04 bits per heavy atom. The van der Waals surface area contributed by atoms with E-state index in [1.165, 1.54) is 44.3 Å². The van der Waals surface area contributed by atoms with Crippen LogP contribution in [0.25, 0.3) is 0 Å². The summed E-state index contributed by atoms with van der Waals surface area (Å²) in [5.74, 6) is 1.76. The molecule has 0 fully saturated rings. The number of benzene rings is 1. The molecule has 0 aliphatic carbocycles. The van der Waals surface area contributed by atoms with Gasteiger partial charge in [-0.15, -0.1) is 0 Å². The minimum absolute atomic E-state index is 0.460. The van der Waals surface area contributed by atoms with E-state index in [9.17, 15) is 0 Å². The lowest BCUT2D eigenvalue weighted by atomic mass is 10.0. The van der Waals surface area contributed by atoms with Gasteiger partial charge in [-0.05, 0) is 57.1 Å². The van der Waals surface area contributed by atoms with Gasteiger partial charge in [-0.1, -0.05) is 32.8 Å². The first-order valence-electron chi connectivity index (χ1n) is 9.55. The molecule has 0 saturated carbocycles. The summed E-state index contributed by atoms with van der Waals surface area (Å²) >= 11 is 0. The highest BCUT2D eigenvalue weighted by atomic mass is 16.6. The zero-order valence-corrected chi connectivity index (χ0v) is 15.6. The summed E-state index contributed by atoms with van der Waals surface area (Å²) in [5, 5.41) is 3.50. The van der Waals surface area contributed by atoms with Crippen molar-refractivity contribution in [2.75, 3.05) is 39.9 Å². The summed E-state index contributed by atoms with van der Waals surface area (Å²) in [6.07, 6.45) is 6.10. The second-order valence-electron chi connectivity index (χ2n) is 6.68. The third kappa shape index (κ3) is 5.99. The van der Waals surface area contributed by atoms with Crippen molar-refractivity contribution in [3.8, 4) is 11.5 Å². The lowest BCUT2D eigenvalue weighted by Gasteiger charge is -2.28. The maximum absolute atomic E-state index is 5.71. The molecular weight excluding hydrogens is 300 g/mol. The van der Waals surface area contributed by atoms with Crippen molar-refractivity contribution in [3.05, 3.63) is 23.8 Å². The van der Waals surface area contributed by atoms with Crippen LogP contribution in [0.4, 0.5) is 0 Å². The van der Waals surface area contributed by atoms with E-state index in [4.69, 9.17) is 9.47 Å². The topological polar surface area (TPSA) is 33.7 Å². The Morgan fingerprint density at radius 3 is 2.33 bits per heavy atom. The Morgan fingerprint density at radius 2 is 1.71 bits per heavy atom. The molecule has 24 heavy (non-hydrogen) atoms. The molecule has 0 radical (unpaired) electrons. The molecule has 0 amide bonds. The van der Waals surface area contributed by atoms with E-state index in [1.807, 2.05) is 6.07 Å². The first kappa shape index (κ1) is 19.1. The minimum Gasteiger partial charge on any atom is -0.486 e. The summed E-state index contributed by atoms with van der Waals surface area (Å²) in [5.41, 5.74) is 1.31. The quantitative estimate of drug-likeness (QED) is 0.672. The van der Waals surface area contributed by atoms with Crippen LogP contribution in [0.15, 0.2) is 18.2 Å². The van der Waals surface area contributed by atoms with E-state index in [0.717, 1.165) is 24.5 Å². The molecule has 0 bridgehead atoms. The average molecular weight is 335 g/mol. The Bertz CT molecular complexity index is 471. The van der Waals surface area contributed by atoms with Crippen LogP contribution >= 0.6 is 0 Å². The standard InChI is InChI=1S/C20H34N2O2/c1-4-6-10-22(11-7-5-2)16-18(21-3)14-17-8-9-19-20(15-17)24-13-12-23-19/h8-9,15,18,21H,4-7,10-14,16H2,1-3H3. The number of likely N-dealkylation sites (N-methyl/N-ethyl adjacent to an activating group) is 1. The lowest BCUT2D eigenvalue weighted by Crippen LogP contribution is -2.41. The number of fused-ring (bicyclic) bond motifs is 1. The van der Waals surface area contributed by atoms with E-state index in [2.05, 4.69) is 43.2 Å². The number of rotatable bonds is 11. The molecule has 1 aromatic rings. The summed E-state index contributed by atoms with van der Waals surface area (Å²) in [6.45, 7) is 9.34. The average Bonchev–Trinajstić information content (AvgIpc) is 2.63. The van der Waals surface area contributed by atoms with Gasteiger partial charge in [0.25, 0.3) is 0 Å². The van der Waals surface area contributed by atoms with Gasteiger partial charge in [0, 0.05) is 12.6 Å². The van der Waals surface area contributed by atoms with Crippen molar-refractivity contribution < 1.29 is 9.47 Å². The van der Waals surface area contributed by atoms with Crippen LogP contribution in [0.5, 0.6) is 11.5 Å². The van der Waals surface area contributed by atoms with Gasteiger partial charge in [-0.25, -0.2) is 0 Å². The predicted molar refractivity (Wildman–Crippen MR) is 100 cm³/mol. The summed E-state index contributed by atoms with van der Waals surface area (Å²) in [4.78, 5) is 2.62. The van der Waals surface area contributed by atoms with Crippen molar-refractivity contribution in [2.45, 2.75) is 52.0 Å². The van der Waals surface area contributed by atoms with E-state index in [-0.39, 0.29) is 0 Å². The van der Waals surface area contributed by atoms with Gasteiger partial charge in [0.05, 0.1) is 0 Å². The number of nitrogens with one attached hydrogen (secondary N) is 1. The Hall–Kier alpha value is -1.26. The summed E-state index contributed by atoms with van der Waals surface area (Å²) in [7, 11) is 2.07. The fraction of sp³-hybridized carbons (Fsp3) is 0.700. The van der Waals surface area contributed by atoms with Crippen molar-refractivity contribution in [2.24, 2.45) is 0 Å². The molecule has 2 rings (SSSR count). The SMILES string of the molecule is CCCCN(CCCC)CC(Cc1ccc2c(c1)OCCO2)NC. The molecule has 4 heteroatoms. The molecule has 0 spiro atoms. The van der Waals surface area contributed by atoms with Crippen LogP contribution in [0, 0.1) is 0 Å². The monoisotopic (exact) mass is 334 g/mol. The highest BCUT2D eigenvalue weighted by Crippen LogP contribution is 2.31. The largest absolute Gasteiger partial charge is 0.486 e. The predicted octanol–water partition coefficient (Wildman–Crippen LogP) is 3.49. The molecule has 1 aromatic carbocycles. The first-order valence-corrected chi connectivity index (χ1v) is 9.55. The third-order valence-corrected chi connectivity index (χ3v) is 4.63. The number of nitrogens with zero attached hydrogens (tertiary/aromatic N) is 1. The zero-order valence-electron chi connectivity index (χ0n) is 15.6. The zero-order chi connectivity index (χ0) is 17.2. The molecule has 1 heterocycles. The molecule has 1 N–H and O–H groups in total. The smallest absolute Gasteiger partial charge is 0.161 e. The molecule has 1 atom stereocenters. The Balaban J connectivity index is 1.94. The molecule has 1 aliphatic rings. The van der Waals surface area contributed by atoms with E-state index in [1.54, 1.807) is 0 Å². The number of hydrogen-bond donors (Lipinski definition) is 1. The van der Waals surface area contributed by atoms with E-state index < -0.39 is 0 Å². The van der Waals surface area contributed by atoms with E-state index in [0.29, 0.717) is 19.3 Å². The van der Waals surface area contributed by atoms with Crippen molar-refractivity contribution in [1.29, 1.82) is 0 Å². The first-order chi connectivity index (χ1) is 11.8. The van der Waals surface area contributed by atoms with Crippen molar-refractivity contribution in [1.82, 2.24) is 10.2 Å². The number of unbranched alkanes of at least 4 members (excludes halogenated alkanes) is 2. The lowest BCUT2D eigenvalue weighted by molar-refractivity contribution is 0.171. The Kier molecular flexibility index (Phi) is 8.40. The minimum atomic E-state index is 0.460. The molecule has 0 saturated heterocycles. The second-order valence-corrected chi connectivity index (χ2v) is 6.68. The fourth-order valence-corrected chi connectivity index (χ4v) is 3.13. The van der Waals surface area contributed by atoms with Crippen molar-refractivity contribution >= 4 is 0 Å². The van der Waals surface area contributed by atoms with Gasteiger partial charge in [-0.3, -0.25) is 0 Å². The van der Waals surface area contributed by atoms with Crippen LogP contribution in [-0.2, 0) is 6.42 Å². The van der Waals surface area contributed by atoms with Gasteiger partial charge < -0.3 is 19.7 Å². The molecule has 1 aliphatic heterocycles. The van der Waals surface area contributed by atoms with Crippen LogP contribution < -0.4 is 14.8 Å². The third-order valence-electron chi connectivity index (χ3n) is 4.63. The van der Waals surface area contributed by atoms with Gasteiger partial charge in [0.2, 0.25) is 0 Å². The molecule has 4 nitrogen and oxygen atoms in total. The highest BCUT2D eigenvalue weighted by molar-refractivity contribution is 5.44. The fourth-order valence-electron chi connectivity index (χ4n) is 3.13. The summed E-state index contributed by atoms with van der Waals surface area (Å²) in [6, 6.07) is 6.81. The van der Waals surface area contributed by atoms with Crippen molar-refractivity contribution in [3.63, 3.8) is 0 Å². The molecule has 136 valence electrons. The van der Waals surface area contributed by atoms with Gasteiger partial charge in [0.15, 0.2) is 11.5 Å². The molecule has 0 aromatic heterocycles. The van der Waals surface area contributed by atoms with Crippen LogP contribution in [0.2, 0.25) is 0 Å². The molecular formula is C20H34N2O2. The van der Waals surface area contributed by atoms with Crippen LogP contribution in [0.3, 0.4) is 0 Å². The van der Waals surface area contributed by atoms with Crippen LogP contribution in [-0.4, -0.2) is 50.8 Å². The number of hydrogen-bond acceptors (Lipinski definition) is 4. The van der Waals surface area contributed by atoms with Crippen LogP contribution in [0.1, 0.15) is 45.1 Å². The molecule has 1 unspecified atom stereocenters. The highest BCUT2D eigenvalue weighted by Gasteiger charge is 2.16.